The molecule has 102 valence electrons. The highest BCUT2D eigenvalue weighted by atomic mass is 32.2. The van der Waals surface area contributed by atoms with Crippen LogP contribution in [0.15, 0.2) is 28.6 Å². The molecule has 1 aromatic heterocycles. The van der Waals surface area contributed by atoms with Crippen molar-refractivity contribution in [2.75, 3.05) is 25.4 Å². The summed E-state index contributed by atoms with van der Waals surface area (Å²) >= 11 is 3.74. The van der Waals surface area contributed by atoms with Gasteiger partial charge in [0, 0.05) is 5.75 Å². The molecular formula is C15H20N2S2. The molecule has 0 radical (unpaired) electrons. The number of piperidine rings is 1. The van der Waals surface area contributed by atoms with Crippen LogP contribution in [0.4, 0.5) is 0 Å². The van der Waals surface area contributed by atoms with E-state index in [1.807, 2.05) is 23.1 Å². The second-order valence-electron chi connectivity index (χ2n) is 5.05. The van der Waals surface area contributed by atoms with E-state index in [1.165, 1.54) is 60.1 Å². The second-order valence-corrected chi connectivity index (χ2v) is 7.42. The molecule has 1 fully saturated rings. The van der Waals surface area contributed by atoms with Gasteiger partial charge in [-0.25, -0.2) is 4.98 Å². The van der Waals surface area contributed by atoms with Gasteiger partial charge in [-0.3, -0.25) is 0 Å². The monoisotopic (exact) mass is 292 g/mol. The molecule has 1 aliphatic heterocycles. The van der Waals surface area contributed by atoms with Crippen LogP contribution in [0, 0.1) is 0 Å². The lowest BCUT2D eigenvalue weighted by Crippen LogP contribution is -2.30. The van der Waals surface area contributed by atoms with Gasteiger partial charge in [0.2, 0.25) is 0 Å². The van der Waals surface area contributed by atoms with Crippen LogP contribution >= 0.6 is 23.1 Å². The molecule has 0 atom stereocenters. The number of para-hydroxylation sites is 1. The Morgan fingerprint density at radius 3 is 2.84 bits per heavy atom. The molecule has 0 amide bonds. The minimum Gasteiger partial charge on any atom is -0.303 e. The van der Waals surface area contributed by atoms with Gasteiger partial charge >= 0.3 is 0 Å². The predicted molar refractivity (Wildman–Crippen MR) is 85.3 cm³/mol. The maximum Gasteiger partial charge on any atom is 0.151 e. The Balaban J connectivity index is 1.44. The minimum absolute atomic E-state index is 1.14. The highest BCUT2D eigenvalue weighted by molar-refractivity contribution is 8.01. The third-order valence-electron chi connectivity index (χ3n) is 3.57. The molecular weight excluding hydrogens is 272 g/mol. The average Bonchev–Trinajstić information content (AvgIpc) is 2.87. The molecule has 0 N–H and O–H groups in total. The van der Waals surface area contributed by atoms with Crippen LogP contribution in [0.2, 0.25) is 0 Å². The lowest BCUT2D eigenvalue weighted by Gasteiger charge is -2.26. The molecule has 0 aliphatic carbocycles. The Hall–Kier alpha value is -0.580. The van der Waals surface area contributed by atoms with Crippen molar-refractivity contribution in [1.82, 2.24) is 9.88 Å². The summed E-state index contributed by atoms with van der Waals surface area (Å²) in [6.07, 6.45) is 5.49. The first-order chi connectivity index (χ1) is 9.42. The third kappa shape index (κ3) is 3.71. The molecule has 0 unspecified atom stereocenters. The summed E-state index contributed by atoms with van der Waals surface area (Å²) in [6, 6.07) is 8.41. The lowest BCUT2D eigenvalue weighted by atomic mass is 10.1. The van der Waals surface area contributed by atoms with Crippen LogP contribution in [0.1, 0.15) is 25.7 Å². The predicted octanol–water partition coefficient (Wildman–Crippen LogP) is 4.26. The van der Waals surface area contributed by atoms with Gasteiger partial charge in [-0.2, -0.15) is 0 Å². The summed E-state index contributed by atoms with van der Waals surface area (Å²) in [4.78, 5) is 7.28. The zero-order valence-corrected chi connectivity index (χ0v) is 12.8. The number of thioether (sulfide) groups is 1. The van der Waals surface area contributed by atoms with Gasteiger partial charge in [-0.15, -0.1) is 11.3 Å². The zero-order valence-electron chi connectivity index (χ0n) is 11.2. The van der Waals surface area contributed by atoms with Crippen molar-refractivity contribution in [3.8, 4) is 0 Å². The number of fused-ring (bicyclic) bond motifs is 1. The van der Waals surface area contributed by atoms with Crippen molar-refractivity contribution in [3.05, 3.63) is 24.3 Å². The molecule has 2 heterocycles. The Morgan fingerprint density at radius 1 is 1.16 bits per heavy atom. The first kappa shape index (κ1) is 13.4. The van der Waals surface area contributed by atoms with E-state index in [1.54, 1.807) is 0 Å². The molecule has 1 aliphatic rings. The average molecular weight is 292 g/mol. The topological polar surface area (TPSA) is 16.1 Å². The summed E-state index contributed by atoms with van der Waals surface area (Å²) in [5.74, 6) is 1.19. The van der Waals surface area contributed by atoms with E-state index in [0.717, 1.165) is 5.52 Å². The van der Waals surface area contributed by atoms with Crippen LogP contribution in [0.5, 0.6) is 0 Å². The van der Waals surface area contributed by atoms with Gasteiger partial charge in [-0.1, -0.05) is 30.3 Å². The largest absolute Gasteiger partial charge is 0.303 e. The minimum atomic E-state index is 1.14. The molecule has 1 saturated heterocycles. The van der Waals surface area contributed by atoms with Gasteiger partial charge < -0.3 is 4.90 Å². The third-order valence-corrected chi connectivity index (χ3v) is 5.83. The van der Waals surface area contributed by atoms with Gasteiger partial charge in [-0.05, 0) is 51.0 Å². The second kappa shape index (κ2) is 6.73. The van der Waals surface area contributed by atoms with Crippen molar-refractivity contribution in [2.45, 2.75) is 30.0 Å². The van der Waals surface area contributed by atoms with Crippen molar-refractivity contribution in [3.63, 3.8) is 0 Å². The summed E-state index contributed by atoms with van der Waals surface area (Å²) in [5.41, 5.74) is 1.14. The Labute approximate surface area is 123 Å². The van der Waals surface area contributed by atoms with Crippen LogP contribution in [0.3, 0.4) is 0 Å². The van der Waals surface area contributed by atoms with Crippen LogP contribution in [0.25, 0.3) is 10.2 Å². The Morgan fingerprint density at radius 2 is 2.00 bits per heavy atom. The van der Waals surface area contributed by atoms with Gasteiger partial charge in [0.05, 0.1) is 10.2 Å². The van der Waals surface area contributed by atoms with Crippen LogP contribution in [-0.2, 0) is 0 Å². The fourth-order valence-electron chi connectivity index (χ4n) is 2.54. The highest BCUT2D eigenvalue weighted by Gasteiger charge is 2.09. The fraction of sp³-hybridized carbons (Fsp3) is 0.533. The standard InChI is InChI=1S/C15H20N2S2/c1-4-9-17(10-5-1)11-6-12-18-15-16-13-7-2-3-8-14(13)19-15/h2-3,7-8H,1,4-6,9-12H2. The van der Waals surface area contributed by atoms with Crippen molar-refractivity contribution < 1.29 is 0 Å². The molecule has 2 aromatic rings. The lowest BCUT2D eigenvalue weighted by molar-refractivity contribution is 0.230. The number of thiazole rings is 1. The number of rotatable bonds is 5. The Bertz CT molecular complexity index is 485. The number of likely N-dealkylation sites (tertiary alicyclic amines) is 1. The van der Waals surface area contributed by atoms with E-state index in [9.17, 15) is 0 Å². The Kier molecular flexibility index (Phi) is 4.75. The molecule has 0 spiro atoms. The fourth-order valence-corrected chi connectivity index (χ4v) is 4.61. The SMILES string of the molecule is c1ccc2sc(SCCCN3CCCCC3)nc2c1. The first-order valence-electron chi connectivity index (χ1n) is 7.12. The maximum absolute atomic E-state index is 4.66. The van der Waals surface area contributed by atoms with Crippen molar-refractivity contribution >= 4 is 33.3 Å². The molecule has 19 heavy (non-hydrogen) atoms. The summed E-state index contributed by atoms with van der Waals surface area (Å²) < 4.78 is 2.53. The molecule has 1 aromatic carbocycles. The number of hydrogen-bond acceptors (Lipinski definition) is 4. The summed E-state index contributed by atoms with van der Waals surface area (Å²) in [6.45, 7) is 3.88. The van der Waals surface area contributed by atoms with Crippen molar-refractivity contribution in [2.24, 2.45) is 0 Å². The smallest absolute Gasteiger partial charge is 0.151 e. The normalized spacial score (nSPS) is 17.1. The van der Waals surface area contributed by atoms with E-state index in [0.29, 0.717) is 0 Å². The molecule has 4 heteroatoms. The van der Waals surface area contributed by atoms with E-state index in [4.69, 9.17) is 0 Å². The molecule has 0 bridgehead atoms. The van der Waals surface area contributed by atoms with E-state index in [2.05, 4.69) is 34.1 Å². The maximum atomic E-state index is 4.66. The quantitative estimate of drug-likeness (QED) is 0.605. The molecule has 3 rings (SSSR count). The van der Waals surface area contributed by atoms with Crippen LogP contribution in [-0.4, -0.2) is 35.3 Å². The van der Waals surface area contributed by atoms with E-state index < -0.39 is 0 Å². The van der Waals surface area contributed by atoms with E-state index >= 15 is 0 Å². The molecule has 2 nitrogen and oxygen atoms in total. The van der Waals surface area contributed by atoms with Crippen LogP contribution < -0.4 is 0 Å². The number of aromatic nitrogens is 1. The zero-order chi connectivity index (χ0) is 12.9. The first-order valence-corrected chi connectivity index (χ1v) is 8.93. The van der Waals surface area contributed by atoms with Gasteiger partial charge in [0.1, 0.15) is 0 Å². The highest BCUT2D eigenvalue weighted by Crippen LogP contribution is 2.29. The van der Waals surface area contributed by atoms with Crippen molar-refractivity contribution in [1.29, 1.82) is 0 Å². The van der Waals surface area contributed by atoms with Gasteiger partial charge in [0.15, 0.2) is 4.34 Å². The molecule has 0 saturated carbocycles. The number of hydrogen-bond donors (Lipinski definition) is 0. The van der Waals surface area contributed by atoms with E-state index in [-0.39, 0.29) is 0 Å². The number of benzene rings is 1. The summed E-state index contributed by atoms with van der Waals surface area (Å²) in [5, 5.41) is 0. The summed E-state index contributed by atoms with van der Waals surface area (Å²) in [7, 11) is 0. The van der Waals surface area contributed by atoms with Gasteiger partial charge in [0.25, 0.3) is 0 Å². The number of nitrogens with zero attached hydrogens (tertiary/aromatic N) is 2.